The highest BCUT2D eigenvalue weighted by Crippen LogP contribution is 2.14. The molecule has 0 fully saturated rings. The van der Waals surface area contributed by atoms with Crippen molar-refractivity contribution < 1.29 is 4.39 Å². The number of hydrogen-bond donors (Lipinski definition) is 0. The van der Waals surface area contributed by atoms with Crippen LogP contribution in [0.1, 0.15) is 18.9 Å². The molecule has 0 spiro atoms. The molecule has 2 heteroatoms. The number of nitrogens with zero attached hydrogens (tertiary/aromatic N) is 1. The van der Waals surface area contributed by atoms with Gasteiger partial charge in [0.05, 0.1) is 0 Å². The highest BCUT2D eigenvalue weighted by Gasteiger charge is 2.01. The monoisotopic (exact) mass is 177 g/mol. The summed E-state index contributed by atoms with van der Waals surface area (Å²) in [4.78, 5) is 0. The molecule has 0 aliphatic carbocycles. The molecule has 0 unspecified atom stereocenters. The van der Waals surface area contributed by atoms with Gasteiger partial charge in [0.2, 0.25) is 0 Å². The van der Waals surface area contributed by atoms with Crippen LogP contribution in [0.4, 0.5) is 4.39 Å². The van der Waals surface area contributed by atoms with E-state index in [9.17, 15) is 4.39 Å². The van der Waals surface area contributed by atoms with Crippen molar-refractivity contribution in [3.8, 4) is 0 Å². The van der Waals surface area contributed by atoms with Crippen molar-refractivity contribution in [2.75, 3.05) is 0 Å². The zero-order valence-corrected chi connectivity index (χ0v) is 7.63. The topological polar surface area (TPSA) is 4.41 Å². The maximum absolute atomic E-state index is 12.8. The van der Waals surface area contributed by atoms with Crippen molar-refractivity contribution in [3.05, 3.63) is 42.0 Å². The highest BCUT2D eigenvalue weighted by molar-refractivity contribution is 5.55. The predicted molar refractivity (Wildman–Crippen MR) is 51.4 cm³/mol. The molecule has 2 heterocycles. The molecule has 0 atom stereocenters. The van der Waals surface area contributed by atoms with Crippen LogP contribution in [-0.2, 0) is 6.42 Å². The number of pyridine rings is 1. The summed E-state index contributed by atoms with van der Waals surface area (Å²) in [5.41, 5.74) is 2.41. The summed E-state index contributed by atoms with van der Waals surface area (Å²) < 4.78 is 14.6. The molecular formula is C11H12FN. The first kappa shape index (κ1) is 8.30. The normalized spacial score (nSPS) is 10.9. The van der Waals surface area contributed by atoms with Crippen molar-refractivity contribution in [2.45, 2.75) is 19.8 Å². The molecule has 13 heavy (non-hydrogen) atoms. The van der Waals surface area contributed by atoms with Gasteiger partial charge in [-0.15, -0.1) is 0 Å². The highest BCUT2D eigenvalue weighted by atomic mass is 19.1. The van der Waals surface area contributed by atoms with E-state index >= 15 is 0 Å². The molecule has 0 aliphatic heterocycles. The van der Waals surface area contributed by atoms with Crippen molar-refractivity contribution in [3.63, 3.8) is 0 Å². The molecule has 0 saturated carbocycles. The van der Waals surface area contributed by atoms with E-state index in [0.717, 1.165) is 18.4 Å². The van der Waals surface area contributed by atoms with E-state index in [2.05, 4.69) is 13.0 Å². The molecular weight excluding hydrogens is 165 g/mol. The van der Waals surface area contributed by atoms with Crippen LogP contribution in [0.15, 0.2) is 30.6 Å². The number of hydrogen-bond acceptors (Lipinski definition) is 0. The lowest BCUT2D eigenvalue weighted by Crippen LogP contribution is -1.86. The number of halogens is 1. The second-order valence-electron chi connectivity index (χ2n) is 3.23. The van der Waals surface area contributed by atoms with Gasteiger partial charge in [-0.25, -0.2) is 4.39 Å². The molecule has 1 nitrogen and oxygen atoms in total. The summed E-state index contributed by atoms with van der Waals surface area (Å²) in [7, 11) is 0. The molecule has 2 aromatic rings. The zero-order chi connectivity index (χ0) is 9.26. The van der Waals surface area contributed by atoms with Gasteiger partial charge in [0.25, 0.3) is 0 Å². The minimum Gasteiger partial charge on any atom is -0.321 e. The van der Waals surface area contributed by atoms with Crippen LogP contribution in [0.25, 0.3) is 5.52 Å². The second-order valence-corrected chi connectivity index (χ2v) is 3.23. The van der Waals surface area contributed by atoms with Crippen LogP contribution in [0, 0.1) is 5.82 Å². The van der Waals surface area contributed by atoms with E-state index in [-0.39, 0.29) is 5.82 Å². The maximum Gasteiger partial charge on any atom is 0.139 e. The molecule has 2 aromatic heterocycles. The van der Waals surface area contributed by atoms with E-state index in [0.29, 0.717) is 0 Å². The lowest BCUT2D eigenvalue weighted by molar-refractivity contribution is 0.619. The number of aryl methyl sites for hydroxylation is 1. The SMILES string of the molecule is CCCc1ccn2cc(F)ccc12. The largest absolute Gasteiger partial charge is 0.321 e. The third-order valence-corrected chi connectivity index (χ3v) is 2.23. The number of aromatic nitrogens is 1. The first-order chi connectivity index (χ1) is 6.31. The Bertz CT molecular complexity index is 417. The second kappa shape index (κ2) is 3.21. The van der Waals surface area contributed by atoms with Gasteiger partial charge < -0.3 is 4.40 Å². The van der Waals surface area contributed by atoms with Crippen LogP contribution in [0.3, 0.4) is 0 Å². The van der Waals surface area contributed by atoms with Crippen molar-refractivity contribution in [1.82, 2.24) is 4.40 Å². The molecule has 0 radical (unpaired) electrons. The van der Waals surface area contributed by atoms with Gasteiger partial charge in [0.15, 0.2) is 0 Å². The summed E-state index contributed by atoms with van der Waals surface area (Å²) in [5.74, 6) is -0.189. The summed E-state index contributed by atoms with van der Waals surface area (Å²) in [6.07, 6.45) is 5.59. The Morgan fingerprint density at radius 1 is 1.31 bits per heavy atom. The summed E-state index contributed by atoms with van der Waals surface area (Å²) >= 11 is 0. The lowest BCUT2D eigenvalue weighted by atomic mass is 10.1. The van der Waals surface area contributed by atoms with Crippen molar-refractivity contribution in [2.24, 2.45) is 0 Å². The predicted octanol–water partition coefficient (Wildman–Crippen LogP) is 3.03. The fourth-order valence-corrected chi connectivity index (χ4v) is 1.62. The fraction of sp³-hybridized carbons (Fsp3) is 0.273. The van der Waals surface area contributed by atoms with E-state index < -0.39 is 0 Å². The minimum atomic E-state index is -0.189. The quantitative estimate of drug-likeness (QED) is 0.664. The Balaban J connectivity index is 2.55. The molecule has 0 amide bonds. The van der Waals surface area contributed by atoms with Gasteiger partial charge in [-0.1, -0.05) is 13.3 Å². The maximum atomic E-state index is 12.8. The molecule has 0 N–H and O–H groups in total. The molecule has 68 valence electrons. The molecule has 0 aromatic carbocycles. The Morgan fingerprint density at radius 2 is 2.15 bits per heavy atom. The van der Waals surface area contributed by atoms with Gasteiger partial charge in [-0.2, -0.15) is 0 Å². The van der Waals surface area contributed by atoms with Gasteiger partial charge in [-0.05, 0) is 30.2 Å². The fourth-order valence-electron chi connectivity index (χ4n) is 1.62. The Labute approximate surface area is 76.8 Å². The molecule has 0 saturated heterocycles. The van der Waals surface area contributed by atoms with Gasteiger partial charge in [-0.3, -0.25) is 0 Å². The van der Waals surface area contributed by atoms with Crippen LogP contribution in [-0.4, -0.2) is 4.40 Å². The van der Waals surface area contributed by atoms with Gasteiger partial charge in [0.1, 0.15) is 5.82 Å². The Kier molecular flexibility index (Phi) is 2.05. The average molecular weight is 177 g/mol. The molecule has 0 bridgehead atoms. The average Bonchev–Trinajstić information content (AvgIpc) is 2.49. The lowest BCUT2D eigenvalue weighted by Gasteiger charge is -1.97. The first-order valence-electron chi connectivity index (χ1n) is 4.56. The van der Waals surface area contributed by atoms with E-state index in [1.165, 1.54) is 17.8 Å². The van der Waals surface area contributed by atoms with Gasteiger partial charge in [0, 0.05) is 17.9 Å². The summed E-state index contributed by atoms with van der Waals surface area (Å²) in [6, 6.07) is 5.40. The van der Waals surface area contributed by atoms with Crippen LogP contribution >= 0.6 is 0 Å². The minimum absolute atomic E-state index is 0.189. The van der Waals surface area contributed by atoms with Crippen LogP contribution in [0.5, 0.6) is 0 Å². The van der Waals surface area contributed by atoms with Crippen LogP contribution < -0.4 is 0 Å². The third-order valence-electron chi connectivity index (χ3n) is 2.23. The molecule has 2 rings (SSSR count). The first-order valence-corrected chi connectivity index (χ1v) is 4.56. The van der Waals surface area contributed by atoms with E-state index in [1.807, 2.05) is 16.7 Å². The number of rotatable bonds is 2. The summed E-state index contributed by atoms with van der Waals surface area (Å²) in [6.45, 7) is 2.15. The smallest absolute Gasteiger partial charge is 0.139 e. The number of fused-ring (bicyclic) bond motifs is 1. The Morgan fingerprint density at radius 3 is 2.92 bits per heavy atom. The van der Waals surface area contributed by atoms with Gasteiger partial charge >= 0.3 is 0 Å². The molecule has 0 aliphatic rings. The van der Waals surface area contributed by atoms with E-state index in [1.54, 1.807) is 0 Å². The van der Waals surface area contributed by atoms with Crippen molar-refractivity contribution >= 4 is 5.52 Å². The van der Waals surface area contributed by atoms with E-state index in [4.69, 9.17) is 0 Å². The summed E-state index contributed by atoms with van der Waals surface area (Å²) in [5, 5.41) is 0. The van der Waals surface area contributed by atoms with Crippen molar-refractivity contribution in [1.29, 1.82) is 0 Å². The third kappa shape index (κ3) is 1.44. The Hall–Kier alpha value is -1.31. The zero-order valence-electron chi connectivity index (χ0n) is 7.63. The van der Waals surface area contributed by atoms with Crippen LogP contribution in [0.2, 0.25) is 0 Å². The standard InChI is InChI=1S/C11H12FN/c1-2-3-9-6-7-13-8-10(12)4-5-11(9)13/h4-8H,2-3H2,1H3.